The summed E-state index contributed by atoms with van der Waals surface area (Å²) in [5.41, 5.74) is 4.37. The lowest BCUT2D eigenvalue weighted by Gasteiger charge is -2.33. The molecule has 0 unspecified atom stereocenters. The standard InChI is InChI=1S/C36H39F5N8O3/c1-5-8-21-13-23(42)29(37)27(28(21)36(39,40)41)26-14-24-22(18-51-26)32(44-34(43-24)52-19-35-9-6-11-48(35)16-20(2)15-35)47-10-7-12-49-25(17-47)30(38)31(45-49)33(50)46(3)4/h13,26H,2,6-7,9-12,14-19,42H2,1,3-4H3/t26-,35+/m0/s1. The van der Waals surface area contributed by atoms with Crippen LogP contribution < -0.4 is 15.4 Å². The highest BCUT2D eigenvalue weighted by atomic mass is 19.4. The van der Waals surface area contributed by atoms with Crippen molar-refractivity contribution in [2.24, 2.45) is 0 Å². The number of alkyl halides is 3. The molecule has 2 atom stereocenters. The molecular formula is C36H39F5N8O3. The number of anilines is 2. The summed E-state index contributed by atoms with van der Waals surface area (Å²) in [5, 5.41) is 4.26. The van der Waals surface area contributed by atoms with Gasteiger partial charge in [-0.2, -0.15) is 28.2 Å². The summed E-state index contributed by atoms with van der Waals surface area (Å²) in [4.78, 5) is 27.6. The molecule has 16 heteroatoms. The summed E-state index contributed by atoms with van der Waals surface area (Å²) in [6, 6.07) is 0.863. The molecule has 2 fully saturated rings. The average molecular weight is 727 g/mol. The first-order valence-corrected chi connectivity index (χ1v) is 17.1. The number of carbonyl (C=O) groups excluding carboxylic acids is 1. The molecule has 4 aliphatic rings. The van der Waals surface area contributed by atoms with Gasteiger partial charge in [0.25, 0.3) is 5.91 Å². The average Bonchev–Trinajstić information content (AvgIpc) is 3.66. The second-order valence-electron chi connectivity index (χ2n) is 14.0. The Morgan fingerprint density at radius 3 is 2.69 bits per heavy atom. The van der Waals surface area contributed by atoms with Gasteiger partial charge in [-0.3, -0.25) is 14.4 Å². The topological polar surface area (TPSA) is 115 Å². The van der Waals surface area contributed by atoms with E-state index in [2.05, 4.69) is 33.4 Å². The zero-order valence-electron chi connectivity index (χ0n) is 29.2. The van der Waals surface area contributed by atoms with Crippen LogP contribution in [-0.2, 0) is 37.0 Å². The third kappa shape index (κ3) is 6.23. The van der Waals surface area contributed by atoms with Gasteiger partial charge in [-0.1, -0.05) is 18.1 Å². The number of ether oxygens (including phenoxy) is 2. The van der Waals surface area contributed by atoms with Gasteiger partial charge in [0.2, 0.25) is 0 Å². The minimum Gasteiger partial charge on any atom is -0.461 e. The lowest BCUT2D eigenvalue weighted by molar-refractivity contribution is -0.140. The summed E-state index contributed by atoms with van der Waals surface area (Å²) >= 11 is 0. The van der Waals surface area contributed by atoms with Crippen molar-refractivity contribution >= 4 is 17.4 Å². The molecule has 11 nitrogen and oxygen atoms in total. The summed E-state index contributed by atoms with van der Waals surface area (Å²) in [6.45, 7) is 7.90. The number of nitrogens with zero attached hydrogens (tertiary/aromatic N) is 7. The first-order valence-electron chi connectivity index (χ1n) is 17.1. The second kappa shape index (κ2) is 13.3. The number of hydrogen-bond donors (Lipinski definition) is 1. The van der Waals surface area contributed by atoms with E-state index in [0.717, 1.165) is 44.0 Å². The van der Waals surface area contributed by atoms with Crippen molar-refractivity contribution in [3.05, 3.63) is 69.2 Å². The Kier molecular flexibility index (Phi) is 9.15. The number of carbonyl (C=O) groups is 1. The van der Waals surface area contributed by atoms with E-state index in [0.29, 0.717) is 36.6 Å². The first-order chi connectivity index (χ1) is 24.7. The van der Waals surface area contributed by atoms with Gasteiger partial charge in [-0.25, -0.2) is 8.78 Å². The predicted molar refractivity (Wildman–Crippen MR) is 180 cm³/mol. The van der Waals surface area contributed by atoms with Crippen LogP contribution in [0.5, 0.6) is 6.01 Å². The van der Waals surface area contributed by atoms with Gasteiger partial charge < -0.3 is 25.0 Å². The van der Waals surface area contributed by atoms with Crippen LogP contribution in [0.1, 0.15) is 82.8 Å². The largest absolute Gasteiger partial charge is 0.461 e. The molecule has 2 aromatic heterocycles. The van der Waals surface area contributed by atoms with Gasteiger partial charge in [-0.05, 0) is 45.2 Å². The SMILES string of the molecule is C=C1CN2CCC[C@]2(COc2nc3c(c(N4CCCn5nc(C(=O)N(C)C)c(F)c5C4)n2)CO[C@H](c2c(F)c(N)cc(C#CC)c2C(F)(F)F)C3)C1. The van der Waals surface area contributed by atoms with Crippen LogP contribution in [0.2, 0.25) is 0 Å². The van der Waals surface area contributed by atoms with Crippen LogP contribution in [0.25, 0.3) is 0 Å². The monoisotopic (exact) mass is 726 g/mol. The number of aryl methyl sites for hydroxylation is 1. The Morgan fingerprint density at radius 2 is 1.96 bits per heavy atom. The zero-order chi connectivity index (χ0) is 37.1. The summed E-state index contributed by atoms with van der Waals surface area (Å²) in [6.07, 6.45) is -3.52. The minimum atomic E-state index is -4.97. The molecule has 1 amide bonds. The van der Waals surface area contributed by atoms with Crippen LogP contribution in [-0.4, -0.2) is 81.3 Å². The molecule has 2 saturated heterocycles. The molecular weight excluding hydrogens is 687 g/mol. The summed E-state index contributed by atoms with van der Waals surface area (Å²) in [5.74, 6) is 2.64. The van der Waals surface area contributed by atoms with Gasteiger partial charge in [-0.15, -0.1) is 5.92 Å². The maximum Gasteiger partial charge on any atom is 0.418 e. The zero-order valence-corrected chi connectivity index (χ0v) is 29.2. The van der Waals surface area contributed by atoms with Gasteiger partial charge >= 0.3 is 12.2 Å². The number of hydrogen-bond acceptors (Lipinski definition) is 9. The highest BCUT2D eigenvalue weighted by Crippen LogP contribution is 2.45. The maximum atomic E-state index is 15.8. The molecule has 4 aliphatic heterocycles. The lowest BCUT2D eigenvalue weighted by atomic mass is 9.91. The summed E-state index contributed by atoms with van der Waals surface area (Å²) in [7, 11) is 3.02. The van der Waals surface area contributed by atoms with Gasteiger partial charge in [0.05, 0.1) is 47.4 Å². The molecule has 0 saturated carbocycles. The second-order valence-corrected chi connectivity index (χ2v) is 14.0. The Balaban J connectivity index is 1.30. The predicted octanol–water partition coefficient (Wildman–Crippen LogP) is 5.02. The first kappa shape index (κ1) is 35.6. The van der Waals surface area contributed by atoms with E-state index in [9.17, 15) is 18.0 Å². The van der Waals surface area contributed by atoms with Crippen LogP contribution in [0, 0.1) is 23.5 Å². The number of aromatic nitrogens is 4. The quantitative estimate of drug-likeness (QED) is 0.162. The van der Waals surface area contributed by atoms with Crippen molar-refractivity contribution in [3.8, 4) is 17.9 Å². The Bertz CT molecular complexity index is 2020. The molecule has 6 heterocycles. The van der Waals surface area contributed by atoms with Crippen molar-refractivity contribution in [2.45, 2.75) is 76.5 Å². The smallest absolute Gasteiger partial charge is 0.418 e. The fourth-order valence-corrected chi connectivity index (χ4v) is 7.94. The highest BCUT2D eigenvalue weighted by molar-refractivity contribution is 5.92. The molecule has 276 valence electrons. The molecule has 1 aromatic carbocycles. The van der Waals surface area contributed by atoms with E-state index in [4.69, 9.17) is 20.2 Å². The van der Waals surface area contributed by atoms with E-state index in [1.165, 1.54) is 30.6 Å². The lowest BCUT2D eigenvalue weighted by Crippen LogP contribution is -2.43. The van der Waals surface area contributed by atoms with Crippen LogP contribution >= 0.6 is 0 Å². The van der Waals surface area contributed by atoms with Crippen LogP contribution in [0.4, 0.5) is 33.5 Å². The molecule has 0 radical (unpaired) electrons. The maximum absolute atomic E-state index is 15.8. The third-order valence-electron chi connectivity index (χ3n) is 10.3. The van der Waals surface area contributed by atoms with Crippen molar-refractivity contribution in [3.63, 3.8) is 0 Å². The fraction of sp³-hybridized carbons (Fsp3) is 0.500. The van der Waals surface area contributed by atoms with E-state index < -0.39 is 52.2 Å². The van der Waals surface area contributed by atoms with Crippen molar-refractivity contribution in [1.29, 1.82) is 0 Å². The third-order valence-corrected chi connectivity index (χ3v) is 10.3. The molecule has 3 aromatic rings. The summed E-state index contributed by atoms with van der Waals surface area (Å²) < 4.78 is 89.1. The van der Waals surface area contributed by atoms with E-state index in [1.807, 2.05) is 0 Å². The van der Waals surface area contributed by atoms with Crippen molar-refractivity contribution in [1.82, 2.24) is 29.5 Å². The number of nitrogens with two attached hydrogens (primary N) is 1. The van der Waals surface area contributed by atoms with Crippen LogP contribution in [0.3, 0.4) is 0 Å². The Morgan fingerprint density at radius 1 is 1.17 bits per heavy atom. The van der Waals surface area contributed by atoms with Crippen molar-refractivity contribution in [2.75, 3.05) is 51.0 Å². The van der Waals surface area contributed by atoms with Gasteiger partial charge in [0.1, 0.15) is 12.4 Å². The number of fused-ring (bicyclic) bond motifs is 3. The number of benzene rings is 1. The number of rotatable bonds is 6. The fourth-order valence-electron chi connectivity index (χ4n) is 7.94. The number of nitrogen functional groups attached to an aromatic ring is 1. The molecule has 0 bridgehead atoms. The highest BCUT2D eigenvalue weighted by Gasteiger charge is 2.47. The van der Waals surface area contributed by atoms with E-state index in [1.54, 1.807) is 4.90 Å². The Hall–Kier alpha value is -4.75. The minimum absolute atomic E-state index is 0.0172. The molecule has 52 heavy (non-hydrogen) atoms. The normalized spacial score (nSPS) is 21.6. The van der Waals surface area contributed by atoms with Crippen molar-refractivity contribution < 1.29 is 36.2 Å². The van der Waals surface area contributed by atoms with Crippen LogP contribution in [0.15, 0.2) is 18.2 Å². The number of amides is 1. The van der Waals surface area contributed by atoms with Gasteiger partial charge in [0, 0.05) is 56.8 Å². The van der Waals surface area contributed by atoms with E-state index in [-0.39, 0.29) is 49.1 Å². The Labute approximate surface area is 297 Å². The molecule has 0 spiro atoms. The van der Waals surface area contributed by atoms with E-state index >= 15 is 8.78 Å². The number of halogens is 5. The molecule has 0 aliphatic carbocycles. The molecule has 2 N–H and O–H groups in total. The molecule has 7 rings (SSSR count). The van der Waals surface area contributed by atoms with Gasteiger partial charge in [0.15, 0.2) is 17.3 Å².